The third kappa shape index (κ3) is 25.7. The van der Waals surface area contributed by atoms with Crippen molar-refractivity contribution in [2.75, 3.05) is 0 Å². The van der Waals surface area contributed by atoms with Crippen molar-refractivity contribution in [3.63, 3.8) is 0 Å². The van der Waals surface area contributed by atoms with Gasteiger partial charge in [0.1, 0.15) is 0 Å². The molecule has 0 aliphatic carbocycles. The lowest BCUT2D eigenvalue weighted by Crippen LogP contribution is -1.84. The van der Waals surface area contributed by atoms with Crippen molar-refractivity contribution in [1.82, 2.24) is 0 Å². The molecule has 13 heavy (non-hydrogen) atoms. The fourth-order valence-electron chi connectivity index (χ4n) is 0.236. The molecule has 0 aliphatic rings. The summed E-state index contributed by atoms with van der Waals surface area (Å²) in [5.74, 6) is -1.02. The molecule has 0 aromatic heterocycles. The van der Waals surface area contributed by atoms with E-state index >= 15 is 0 Å². The van der Waals surface area contributed by atoms with Crippen LogP contribution in [-0.4, -0.2) is 11.1 Å². The van der Waals surface area contributed by atoms with Crippen molar-refractivity contribution in [3.05, 3.63) is 49.6 Å². The summed E-state index contributed by atoms with van der Waals surface area (Å²) in [6.07, 6.45) is 8.06. The van der Waals surface area contributed by atoms with Crippen molar-refractivity contribution in [3.8, 4) is 6.07 Å². The summed E-state index contributed by atoms with van der Waals surface area (Å²) < 4.78 is 0. The minimum atomic E-state index is -1.02. The van der Waals surface area contributed by atoms with Gasteiger partial charge in [-0.05, 0) is 0 Å². The van der Waals surface area contributed by atoms with Gasteiger partial charge in [-0.3, -0.25) is 0 Å². The Balaban J connectivity index is 0. The first kappa shape index (κ1) is 13.5. The lowest BCUT2D eigenvalue weighted by Gasteiger charge is -1.71. The Kier molecular flexibility index (Phi) is 13.1. The van der Waals surface area contributed by atoms with Gasteiger partial charge in [-0.1, -0.05) is 37.5 Å². The second-order valence-electron chi connectivity index (χ2n) is 1.66. The Hall–Kier alpha value is -2.08. The molecule has 0 aliphatic heterocycles. The summed E-state index contributed by atoms with van der Waals surface area (Å²) in [6, 6.07) is 1.72. The van der Waals surface area contributed by atoms with Gasteiger partial charge >= 0.3 is 5.97 Å². The second kappa shape index (κ2) is 12.6. The Bertz CT molecular complexity index is 251. The molecule has 0 saturated heterocycles. The summed E-state index contributed by atoms with van der Waals surface area (Å²) >= 11 is 0. The zero-order valence-corrected chi connectivity index (χ0v) is 7.18. The summed E-state index contributed by atoms with van der Waals surface area (Å²) in [7, 11) is 0. The van der Waals surface area contributed by atoms with Gasteiger partial charge < -0.3 is 5.11 Å². The fraction of sp³-hybridized carbons (Fsp3) is 0. The molecule has 0 heterocycles. The predicted molar refractivity (Wildman–Crippen MR) is 51.9 cm³/mol. The maximum atomic E-state index is 9.76. The zero-order valence-electron chi connectivity index (χ0n) is 7.18. The van der Waals surface area contributed by atoms with E-state index in [4.69, 9.17) is 10.4 Å². The van der Waals surface area contributed by atoms with Crippen LogP contribution in [-0.2, 0) is 4.79 Å². The van der Waals surface area contributed by atoms with Crippen LogP contribution >= 0.6 is 0 Å². The zero-order chi connectivity index (χ0) is 10.5. The summed E-state index contributed by atoms with van der Waals surface area (Å²) in [5.41, 5.74) is 0. The predicted octanol–water partition coefficient (Wildman–Crippen LogP) is 2.07. The molecule has 0 unspecified atom stereocenters. The van der Waals surface area contributed by atoms with Crippen LogP contribution < -0.4 is 0 Å². The number of carboxylic acids is 1. The van der Waals surface area contributed by atoms with E-state index in [1.165, 1.54) is 18.2 Å². The number of hydrogen-bond acceptors (Lipinski definition) is 2. The Morgan fingerprint density at radius 3 is 2.15 bits per heavy atom. The average molecular weight is 177 g/mol. The molecule has 0 aromatic rings. The number of rotatable bonds is 3. The third-order valence-electron chi connectivity index (χ3n) is 0.687. The van der Waals surface area contributed by atoms with Crippen LogP contribution in [0.25, 0.3) is 0 Å². The number of carbonyl (C=O) groups is 1. The molecule has 3 nitrogen and oxygen atoms in total. The highest BCUT2D eigenvalue weighted by Crippen LogP contribution is 1.74. The number of nitrogens with zero attached hydrogens (tertiary/aromatic N) is 1. The molecular formula is C10H11NO2. The van der Waals surface area contributed by atoms with E-state index in [2.05, 4.69) is 13.2 Å². The van der Waals surface area contributed by atoms with Gasteiger partial charge in [-0.25, -0.2) is 4.79 Å². The molecule has 0 amide bonds. The second-order valence-corrected chi connectivity index (χ2v) is 1.66. The highest BCUT2D eigenvalue weighted by atomic mass is 16.4. The lowest BCUT2D eigenvalue weighted by atomic mass is 10.4. The van der Waals surface area contributed by atoms with E-state index in [1.807, 2.05) is 0 Å². The van der Waals surface area contributed by atoms with E-state index < -0.39 is 5.97 Å². The maximum absolute atomic E-state index is 9.76. The van der Waals surface area contributed by atoms with Crippen molar-refractivity contribution in [1.29, 1.82) is 5.26 Å². The van der Waals surface area contributed by atoms with Crippen molar-refractivity contribution in [2.45, 2.75) is 0 Å². The van der Waals surface area contributed by atoms with Gasteiger partial charge in [-0.15, -0.1) is 0 Å². The number of hydrogen-bond donors (Lipinski definition) is 1. The standard InChI is InChI=1S/C6H5NO2.C4H6/c7-5-3-1-2-4-6(8)9;1-3-4-2/h1-4H,(H,8,9);3-4H,1-2H2. The van der Waals surface area contributed by atoms with Gasteiger partial charge in [0.05, 0.1) is 6.07 Å². The van der Waals surface area contributed by atoms with Crippen molar-refractivity contribution < 1.29 is 9.90 Å². The molecule has 0 spiro atoms. The number of aliphatic carboxylic acids is 1. The van der Waals surface area contributed by atoms with Crippen LogP contribution in [0.4, 0.5) is 0 Å². The molecule has 0 atom stereocenters. The van der Waals surface area contributed by atoms with Gasteiger partial charge in [0.15, 0.2) is 0 Å². The molecule has 0 bridgehead atoms. The van der Waals surface area contributed by atoms with Gasteiger partial charge in [0.25, 0.3) is 0 Å². The van der Waals surface area contributed by atoms with Crippen LogP contribution in [0, 0.1) is 11.3 Å². The maximum Gasteiger partial charge on any atom is 0.328 e. The van der Waals surface area contributed by atoms with E-state index in [1.54, 1.807) is 18.2 Å². The van der Waals surface area contributed by atoms with Crippen LogP contribution in [0.15, 0.2) is 49.6 Å². The van der Waals surface area contributed by atoms with Crippen LogP contribution in [0.2, 0.25) is 0 Å². The minimum absolute atomic E-state index is 0.952. The first-order chi connectivity index (χ1) is 6.18. The first-order valence-corrected chi connectivity index (χ1v) is 3.38. The van der Waals surface area contributed by atoms with Crippen molar-refractivity contribution >= 4 is 5.97 Å². The van der Waals surface area contributed by atoms with E-state index in [0.717, 1.165) is 6.08 Å². The number of nitriles is 1. The Labute approximate surface area is 77.6 Å². The van der Waals surface area contributed by atoms with Crippen LogP contribution in [0.1, 0.15) is 0 Å². The summed E-state index contributed by atoms with van der Waals surface area (Å²) in [5, 5.41) is 15.9. The number of allylic oxidation sites excluding steroid dienone is 5. The lowest BCUT2D eigenvalue weighted by molar-refractivity contribution is -0.131. The summed E-state index contributed by atoms with van der Waals surface area (Å²) in [4.78, 5) is 9.76. The molecule has 0 radical (unpaired) electrons. The normalized spacial score (nSPS) is 8.54. The van der Waals surface area contributed by atoms with Gasteiger partial charge in [0.2, 0.25) is 0 Å². The smallest absolute Gasteiger partial charge is 0.328 e. The SMILES string of the molecule is C=CC=C.N#CC=CC=CC(=O)O. The Morgan fingerprint density at radius 2 is 1.85 bits per heavy atom. The van der Waals surface area contributed by atoms with Gasteiger partial charge in [0, 0.05) is 12.2 Å². The Morgan fingerprint density at radius 1 is 1.31 bits per heavy atom. The van der Waals surface area contributed by atoms with Crippen molar-refractivity contribution in [2.24, 2.45) is 0 Å². The highest BCUT2D eigenvalue weighted by Gasteiger charge is 1.78. The summed E-state index contributed by atoms with van der Waals surface area (Å²) in [6.45, 7) is 6.72. The molecule has 1 N–H and O–H groups in total. The topological polar surface area (TPSA) is 61.1 Å². The highest BCUT2D eigenvalue weighted by molar-refractivity contribution is 5.80. The van der Waals surface area contributed by atoms with E-state index in [0.29, 0.717) is 0 Å². The molecule has 3 heteroatoms. The minimum Gasteiger partial charge on any atom is -0.478 e. The van der Waals surface area contributed by atoms with E-state index in [9.17, 15) is 4.79 Å². The fourth-order valence-corrected chi connectivity index (χ4v) is 0.236. The molecular weight excluding hydrogens is 166 g/mol. The molecule has 68 valence electrons. The molecule has 0 aromatic carbocycles. The average Bonchev–Trinajstić information content (AvgIpc) is 2.13. The number of carboxylic acid groups (broad SMARTS) is 1. The first-order valence-electron chi connectivity index (χ1n) is 3.38. The monoisotopic (exact) mass is 177 g/mol. The van der Waals surface area contributed by atoms with Gasteiger partial charge in [-0.2, -0.15) is 5.26 Å². The quantitative estimate of drug-likeness (QED) is 0.407. The molecule has 0 saturated carbocycles. The largest absolute Gasteiger partial charge is 0.478 e. The van der Waals surface area contributed by atoms with Crippen LogP contribution in [0.3, 0.4) is 0 Å². The van der Waals surface area contributed by atoms with Crippen LogP contribution in [0.5, 0.6) is 0 Å². The van der Waals surface area contributed by atoms with E-state index in [-0.39, 0.29) is 0 Å². The third-order valence-corrected chi connectivity index (χ3v) is 0.687. The molecule has 0 fully saturated rings. The molecule has 0 rings (SSSR count).